The summed E-state index contributed by atoms with van der Waals surface area (Å²) in [6, 6.07) is 8.20. The molecule has 37 heavy (non-hydrogen) atoms. The molecular formula is C25H36N6O5S. The van der Waals surface area contributed by atoms with Crippen LogP contribution in [-0.2, 0) is 19.6 Å². The number of carbonyl (C=O) groups excluding carboxylic acids is 1. The summed E-state index contributed by atoms with van der Waals surface area (Å²) in [6.07, 6.45) is 1.37. The Morgan fingerprint density at radius 2 is 1.86 bits per heavy atom. The van der Waals surface area contributed by atoms with Gasteiger partial charge in [-0.3, -0.25) is 9.79 Å². The van der Waals surface area contributed by atoms with Crippen LogP contribution in [0.2, 0.25) is 0 Å². The number of benzene rings is 2. The van der Waals surface area contributed by atoms with Crippen LogP contribution in [0.4, 0.5) is 5.69 Å². The molecule has 2 aromatic carbocycles. The van der Waals surface area contributed by atoms with Crippen molar-refractivity contribution in [2.45, 2.75) is 49.6 Å². The molecule has 2 aromatic rings. The minimum absolute atomic E-state index is 0.0396. The summed E-state index contributed by atoms with van der Waals surface area (Å²) < 4.78 is 29.9. The van der Waals surface area contributed by atoms with Crippen LogP contribution in [0.25, 0.3) is 10.8 Å². The van der Waals surface area contributed by atoms with E-state index in [1.807, 2.05) is 38.1 Å². The molecule has 0 bridgehead atoms. The molecule has 3 atom stereocenters. The van der Waals surface area contributed by atoms with Gasteiger partial charge in [-0.15, -0.1) is 0 Å². The zero-order valence-corrected chi connectivity index (χ0v) is 22.2. The largest absolute Gasteiger partial charge is 0.480 e. The minimum Gasteiger partial charge on any atom is -0.480 e. The molecule has 0 aromatic heterocycles. The van der Waals surface area contributed by atoms with Gasteiger partial charge in [0, 0.05) is 43.6 Å². The summed E-state index contributed by atoms with van der Waals surface area (Å²) >= 11 is 0. The lowest BCUT2D eigenvalue weighted by molar-refractivity contribution is -0.153. The lowest BCUT2D eigenvalue weighted by Crippen LogP contribution is -2.56. The topological polar surface area (TPSA) is 171 Å². The smallest absolute Gasteiger partial charge is 0.326 e. The number of aliphatic carboxylic acids is 1. The number of hydrogen-bond acceptors (Lipinski definition) is 6. The minimum atomic E-state index is -4.16. The van der Waals surface area contributed by atoms with Crippen LogP contribution in [0, 0.1) is 5.92 Å². The first kappa shape index (κ1) is 28.2. The highest BCUT2D eigenvalue weighted by Crippen LogP contribution is 2.31. The summed E-state index contributed by atoms with van der Waals surface area (Å²) in [6.45, 7) is 2.38. The van der Waals surface area contributed by atoms with Crippen molar-refractivity contribution in [3.05, 3.63) is 36.4 Å². The normalized spacial score (nSPS) is 18.8. The molecule has 1 heterocycles. The Kier molecular flexibility index (Phi) is 8.98. The summed E-state index contributed by atoms with van der Waals surface area (Å²) in [5, 5.41) is 11.0. The van der Waals surface area contributed by atoms with Gasteiger partial charge in [0.05, 0.1) is 4.90 Å². The number of carboxylic acids is 1. The number of aliphatic imine (C=N–C) groups is 1. The molecule has 12 heteroatoms. The Morgan fingerprint density at radius 3 is 2.51 bits per heavy atom. The second-order valence-electron chi connectivity index (χ2n) is 9.66. The number of anilines is 1. The van der Waals surface area contributed by atoms with E-state index in [4.69, 9.17) is 11.5 Å². The molecule has 3 rings (SSSR count). The van der Waals surface area contributed by atoms with Crippen molar-refractivity contribution in [3.8, 4) is 0 Å². The third-order valence-corrected chi connectivity index (χ3v) is 8.13. The standard InChI is InChI=1S/C25H36N6O5S/c1-16-12-14-31(21(15-16)24(33)34)23(32)19(9-6-13-28-25(26)27)29-37(35,36)22-11-5-7-17-18(22)8-4-10-20(17)30(2)3/h4-5,7-8,10-11,16,19,21,29H,6,9,12-15H2,1-3H3,(H,33,34)(H4,26,27,28). The van der Waals surface area contributed by atoms with Gasteiger partial charge in [-0.2, -0.15) is 4.72 Å². The highest BCUT2D eigenvalue weighted by atomic mass is 32.2. The second-order valence-corrected chi connectivity index (χ2v) is 11.3. The van der Waals surface area contributed by atoms with Crippen LogP contribution in [0.1, 0.15) is 32.6 Å². The first-order valence-electron chi connectivity index (χ1n) is 12.2. The number of sulfonamides is 1. The molecule has 0 aliphatic carbocycles. The third kappa shape index (κ3) is 6.69. The number of amides is 1. The first-order valence-corrected chi connectivity index (χ1v) is 13.7. The van der Waals surface area contributed by atoms with Gasteiger partial charge < -0.3 is 26.4 Å². The average Bonchev–Trinajstić information content (AvgIpc) is 2.84. The Morgan fingerprint density at radius 1 is 1.19 bits per heavy atom. The van der Waals surface area contributed by atoms with E-state index in [9.17, 15) is 23.1 Å². The number of nitrogens with zero attached hydrogens (tertiary/aromatic N) is 3. The second kappa shape index (κ2) is 11.8. The van der Waals surface area contributed by atoms with Crippen LogP contribution in [0.3, 0.4) is 0 Å². The van der Waals surface area contributed by atoms with Crippen molar-refractivity contribution in [1.29, 1.82) is 0 Å². The summed E-state index contributed by atoms with van der Waals surface area (Å²) in [7, 11) is -0.417. The SMILES string of the molecule is CC1CCN(C(=O)C(CCCN=C(N)N)NS(=O)(=O)c2cccc3c(N(C)C)cccc23)C(C(=O)O)C1. The summed E-state index contributed by atoms with van der Waals surface area (Å²) in [4.78, 5) is 32.7. The maximum absolute atomic E-state index is 13.7. The fraction of sp³-hybridized carbons (Fsp3) is 0.480. The molecule has 0 spiro atoms. The van der Waals surface area contributed by atoms with E-state index in [0.717, 1.165) is 11.1 Å². The van der Waals surface area contributed by atoms with Crippen molar-refractivity contribution < 1.29 is 23.1 Å². The van der Waals surface area contributed by atoms with Crippen molar-refractivity contribution in [3.63, 3.8) is 0 Å². The van der Waals surface area contributed by atoms with Crippen LogP contribution < -0.4 is 21.1 Å². The van der Waals surface area contributed by atoms with Gasteiger partial charge in [-0.1, -0.05) is 31.2 Å². The quantitative estimate of drug-likeness (QED) is 0.201. The number of piperidine rings is 1. The molecular weight excluding hydrogens is 496 g/mol. The highest BCUT2D eigenvalue weighted by Gasteiger charge is 2.38. The van der Waals surface area contributed by atoms with E-state index in [-0.39, 0.29) is 36.3 Å². The first-order chi connectivity index (χ1) is 17.4. The third-order valence-electron chi connectivity index (χ3n) is 6.60. The Hall–Kier alpha value is -3.38. The van der Waals surface area contributed by atoms with Crippen molar-refractivity contribution in [2.75, 3.05) is 32.1 Å². The van der Waals surface area contributed by atoms with E-state index in [1.54, 1.807) is 18.2 Å². The molecule has 1 saturated heterocycles. The number of rotatable bonds is 10. The molecule has 1 aliphatic heterocycles. The maximum atomic E-state index is 13.7. The number of hydrogen-bond donors (Lipinski definition) is 4. The lowest BCUT2D eigenvalue weighted by atomic mass is 9.91. The molecule has 0 radical (unpaired) electrons. The monoisotopic (exact) mass is 532 g/mol. The van der Waals surface area contributed by atoms with Gasteiger partial charge in [0.1, 0.15) is 12.1 Å². The maximum Gasteiger partial charge on any atom is 0.326 e. The summed E-state index contributed by atoms with van der Waals surface area (Å²) in [5.74, 6) is -1.63. The molecule has 1 fully saturated rings. The van der Waals surface area contributed by atoms with Crippen molar-refractivity contribution in [1.82, 2.24) is 9.62 Å². The lowest BCUT2D eigenvalue weighted by Gasteiger charge is -2.38. The van der Waals surface area contributed by atoms with Crippen molar-refractivity contribution in [2.24, 2.45) is 22.4 Å². The molecule has 1 aliphatic rings. The number of carboxylic acid groups (broad SMARTS) is 1. The van der Waals surface area contributed by atoms with E-state index in [1.165, 1.54) is 11.0 Å². The van der Waals surface area contributed by atoms with Gasteiger partial charge in [0.25, 0.3) is 0 Å². The molecule has 3 unspecified atom stereocenters. The number of fused-ring (bicyclic) bond motifs is 1. The number of guanidine groups is 1. The van der Waals surface area contributed by atoms with Crippen LogP contribution in [0.15, 0.2) is 46.3 Å². The Balaban J connectivity index is 1.97. The number of nitrogens with one attached hydrogen (secondary N) is 1. The molecule has 6 N–H and O–H groups in total. The number of likely N-dealkylation sites (tertiary alicyclic amines) is 1. The van der Waals surface area contributed by atoms with Gasteiger partial charge in [-0.25, -0.2) is 13.2 Å². The van der Waals surface area contributed by atoms with Crippen molar-refractivity contribution >= 4 is 44.3 Å². The van der Waals surface area contributed by atoms with E-state index < -0.39 is 34.0 Å². The van der Waals surface area contributed by atoms with E-state index in [0.29, 0.717) is 24.6 Å². The molecule has 1 amide bonds. The fourth-order valence-electron chi connectivity index (χ4n) is 4.72. The fourth-order valence-corrected chi connectivity index (χ4v) is 6.16. The van der Waals surface area contributed by atoms with Crippen LogP contribution >= 0.6 is 0 Å². The highest BCUT2D eigenvalue weighted by molar-refractivity contribution is 7.89. The van der Waals surface area contributed by atoms with Gasteiger partial charge in [0.2, 0.25) is 15.9 Å². The van der Waals surface area contributed by atoms with Gasteiger partial charge in [0.15, 0.2) is 5.96 Å². The molecule has 11 nitrogen and oxygen atoms in total. The number of carbonyl (C=O) groups is 2. The molecule has 202 valence electrons. The predicted molar refractivity (Wildman–Crippen MR) is 144 cm³/mol. The van der Waals surface area contributed by atoms with E-state index in [2.05, 4.69) is 9.71 Å². The molecule has 0 saturated carbocycles. The summed E-state index contributed by atoms with van der Waals surface area (Å²) in [5.41, 5.74) is 11.6. The zero-order chi connectivity index (χ0) is 27.3. The van der Waals surface area contributed by atoms with Crippen LogP contribution in [0.5, 0.6) is 0 Å². The average molecular weight is 533 g/mol. The van der Waals surface area contributed by atoms with Crippen LogP contribution in [-0.4, -0.2) is 75.5 Å². The Bertz CT molecular complexity index is 1280. The Labute approximate surface area is 217 Å². The number of nitrogens with two attached hydrogens (primary N) is 2. The van der Waals surface area contributed by atoms with Gasteiger partial charge in [-0.05, 0) is 43.7 Å². The van der Waals surface area contributed by atoms with Gasteiger partial charge >= 0.3 is 5.97 Å². The van der Waals surface area contributed by atoms with E-state index >= 15 is 0 Å². The predicted octanol–water partition coefficient (Wildman–Crippen LogP) is 1.32. The zero-order valence-electron chi connectivity index (χ0n) is 21.4.